The highest BCUT2D eigenvalue weighted by molar-refractivity contribution is 8.77. The van der Waals surface area contributed by atoms with Gasteiger partial charge in [0.05, 0.1) is 0 Å². The van der Waals surface area contributed by atoms with E-state index in [1.54, 1.807) is 5.32 Å². The number of ether oxygens (including phenoxy) is 2. The lowest BCUT2D eigenvalue weighted by Gasteiger charge is -2.13. The van der Waals surface area contributed by atoms with E-state index in [4.69, 9.17) is 16.3 Å². The Morgan fingerprint density at radius 2 is 2.10 bits per heavy atom. The van der Waals surface area contributed by atoms with Gasteiger partial charge in [0.1, 0.15) is 0 Å². The van der Waals surface area contributed by atoms with Crippen molar-refractivity contribution < 1.29 is 23.9 Å². The quantitative estimate of drug-likeness (QED) is 0.186. The molecule has 120 valence electrons. The summed E-state index contributed by atoms with van der Waals surface area (Å²) in [6.07, 6.45) is 2.25. The van der Waals surface area contributed by atoms with Crippen molar-refractivity contribution in [2.75, 3.05) is 5.75 Å². The summed E-state index contributed by atoms with van der Waals surface area (Å²) in [5.74, 6) is 0.778. The summed E-state index contributed by atoms with van der Waals surface area (Å²) in [6, 6.07) is 0. The molecule has 0 aliphatic carbocycles. The number of carbonyl (C=O) groups excluding carboxylic acids is 3. The molecule has 1 aliphatic heterocycles. The van der Waals surface area contributed by atoms with E-state index < -0.39 is 23.7 Å². The molecular formula is C12H18ClNO5S2. The van der Waals surface area contributed by atoms with E-state index in [2.05, 4.69) is 4.74 Å². The van der Waals surface area contributed by atoms with E-state index in [-0.39, 0.29) is 6.42 Å². The molecule has 0 saturated carbocycles. The molecule has 0 aromatic heterocycles. The van der Waals surface area contributed by atoms with Crippen molar-refractivity contribution in [3.8, 4) is 0 Å². The molecule has 0 bridgehead atoms. The van der Waals surface area contributed by atoms with Gasteiger partial charge in [-0.3, -0.25) is 9.59 Å². The number of rotatable bonds is 7. The lowest BCUT2D eigenvalue weighted by Crippen LogP contribution is -2.31. The first-order valence-electron chi connectivity index (χ1n) is 6.62. The number of halogens is 1. The lowest BCUT2D eigenvalue weighted by atomic mass is 10.1. The lowest BCUT2D eigenvalue weighted by molar-refractivity contribution is -0.164. The molecule has 1 fully saturated rings. The Morgan fingerprint density at radius 3 is 2.71 bits per heavy atom. The van der Waals surface area contributed by atoms with Gasteiger partial charge in [0, 0.05) is 24.3 Å². The minimum atomic E-state index is -1.06. The Bertz CT molecular complexity index is 377. The summed E-state index contributed by atoms with van der Waals surface area (Å²) in [5.41, 5.74) is 0. The van der Waals surface area contributed by atoms with Gasteiger partial charge in [-0.2, -0.15) is 0 Å². The summed E-state index contributed by atoms with van der Waals surface area (Å²) in [4.78, 5) is 32.9. The highest BCUT2D eigenvalue weighted by Crippen LogP contribution is 2.39. The molecule has 1 rings (SSSR count). The van der Waals surface area contributed by atoms with Crippen LogP contribution in [-0.2, 0) is 14.3 Å². The normalized spacial score (nSPS) is 18.9. The van der Waals surface area contributed by atoms with Crippen molar-refractivity contribution in [2.45, 2.75) is 50.6 Å². The van der Waals surface area contributed by atoms with Crippen LogP contribution in [0.3, 0.4) is 0 Å². The Balaban J connectivity index is 2.06. The summed E-state index contributed by atoms with van der Waals surface area (Å²) < 4.78 is 9.50. The van der Waals surface area contributed by atoms with E-state index in [1.807, 2.05) is 21.6 Å². The van der Waals surface area contributed by atoms with Gasteiger partial charge in [0.15, 0.2) is 0 Å². The van der Waals surface area contributed by atoms with Crippen LogP contribution in [0.25, 0.3) is 0 Å². The molecule has 2 atom stereocenters. The molecule has 2 amide bonds. The fraction of sp³-hybridized carbons (Fsp3) is 0.750. The van der Waals surface area contributed by atoms with E-state index >= 15 is 0 Å². The van der Waals surface area contributed by atoms with Crippen LogP contribution in [0.15, 0.2) is 0 Å². The molecule has 0 aromatic carbocycles. The van der Waals surface area contributed by atoms with Crippen molar-refractivity contribution in [3.05, 3.63) is 0 Å². The van der Waals surface area contributed by atoms with Crippen LogP contribution in [0.4, 0.5) is 9.59 Å². The minimum absolute atomic E-state index is 0.286. The molecule has 1 aliphatic rings. The predicted octanol–water partition coefficient (Wildman–Crippen LogP) is 3.67. The van der Waals surface area contributed by atoms with Crippen molar-refractivity contribution in [1.82, 2.24) is 5.32 Å². The van der Waals surface area contributed by atoms with Crippen LogP contribution >= 0.6 is 33.2 Å². The Hall–Kier alpha value is -0.600. The maximum Gasteiger partial charge on any atom is 0.417 e. The first-order valence-corrected chi connectivity index (χ1v) is 9.38. The fourth-order valence-corrected chi connectivity index (χ4v) is 4.84. The number of hydrogen-bond donors (Lipinski definition) is 1. The average Bonchev–Trinajstić information content (AvgIpc) is 2.86. The number of hydrogen-bond acceptors (Lipinski definition) is 7. The second-order valence-electron chi connectivity index (χ2n) is 4.44. The zero-order chi connectivity index (χ0) is 15.7. The van der Waals surface area contributed by atoms with Crippen LogP contribution in [-0.4, -0.2) is 34.7 Å². The third-order valence-electron chi connectivity index (χ3n) is 2.66. The van der Waals surface area contributed by atoms with Crippen LogP contribution in [0.1, 0.15) is 39.0 Å². The van der Waals surface area contributed by atoms with Crippen LogP contribution in [0.5, 0.6) is 0 Å². The average molecular weight is 356 g/mol. The number of carbonyl (C=O) groups is 3. The standard InChI is InChI=1S/C12H18ClNO5S2/c1-8(19-12(17)14-11(13)16)18-10(15)5-3-2-4-9-6-7-20-21-9/h8-9H,2-7H2,1H3,(H,14,16,17)/t8?,9-/m1/s1. The van der Waals surface area contributed by atoms with E-state index in [9.17, 15) is 14.4 Å². The molecular weight excluding hydrogens is 338 g/mol. The summed E-state index contributed by atoms with van der Waals surface area (Å²) in [5, 5.41) is 1.35. The van der Waals surface area contributed by atoms with Crippen molar-refractivity contribution in [3.63, 3.8) is 0 Å². The maximum absolute atomic E-state index is 11.5. The van der Waals surface area contributed by atoms with Gasteiger partial charge in [-0.25, -0.2) is 10.1 Å². The number of esters is 1. The highest BCUT2D eigenvalue weighted by atomic mass is 35.5. The Kier molecular flexibility index (Phi) is 8.94. The van der Waals surface area contributed by atoms with Crippen molar-refractivity contribution in [1.29, 1.82) is 0 Å². The monoisotopic (exact) mass is 355 g/mol. The molecule has 9 heteroatoms. The molecule has 1 N–H and O–H groups in total. The van der Waals surface area contributed by atoms with Crippen LogP contribution in [0, 0.1) is 0 Å². The maximum atomic E-state index is 11.5. The molecule has 1 saturated heterocycles. The van der Waals surface area contributed by atoms with Crippen molar-refractivity contribution >= 4 is 50.6 Å². The minimum Gasteiger partial charge on any atom is -0.425 e. The molecule has 21 heavy (non-hydrogen) atoms. The number of alkyl carbamates (subject to hydrolysis) is 1. The first kappa shape index (κ1) is 18.4. The van der Waals surface area contributed by atoms with Gasteiger partial charge in [-0.15, -0.1) is 0 Å². The first-order chi connectivity index (χ1) is 9.97. The smallest absolute Gasteiger partial charge is 0.417 e. The van der Waals surface area contributed by atoms with Gasteiger partial charge in [-0.05, 0) is 30.9 Å². The summed E-state index contributed by atoms with van der Waals surface area (Å²) in [7, 11) is 3.82. The molecule has 0 spiro atoms. The summed E-state index contributed by atoms with van der Waals surface area (Å²) >= 11 is 4.94. The molecule has 1 heterocycles. The largest absolute Gasteiger partial charge is 0.425 e. The predicted molar refractivity (Wildman–Crippen MR) is 83.3 cm³/mol. The number of imide groups is 1. The van der Waals surface area contributed by atoms with Crippen molar-refractivity contribution in [2.24, 2.45) is 0 Å². The van der Waals surface area contributed by atoms with Crippen LogP contribution in [0.2, 0.25) is 0 Å². The molecule has 1 unspecified atom stereocenters. The summed E-state index contributed by atoms with van der Waals surface area (Å²) in [6.45, 7) is 1.39. The molecule has 6 nitrogen and oxygen atoms in total. The second-order valence-corrected chi connectivity index (χ2v) is 7.57. The highest BCUT2D eigenvalue weighted by Gasteiger charge is 2.17. The van der Waals surface area contributed by atoms with Crippen LogP contribution < -0.4 is 5.32 Å². The Labute approximate surface area is 136 Å². The van der Waals surface area contributed by atoms with Gasteiger partial charge >= 0.3 is 17.4 Å². The topological polar surface area (TPSA) is 81.7 Å². The number of nitrogens with one attached hydrogen (secondary N) is 1. The third-order valence-corrected chi connectivity index (χ3v) is 5.76. The van der Waals surface area contributed by atoms with Gasteiger partial charge in [-0.1, -0.05) is 28.0 Å². The second kappa shape index (κ2) is 10.2. The number of amides is 2. The van der Waals surface area contributed by atoms with Gasteiger partial charge in [0.2, 0.25) is 6.29 Å². The van der Waals surface area contributed by atoms with Gasteiger partial charge < -0.3 is 9.47 Å². The SMILES string of the molecule is CC(OC(=O)CCCC[C@@H]1CCSS1)OC(=O)NC(=O)Cl. The Morgan fingerprint density at radius 1 is 1.33 bits per heavy atom. The van der Waals surface area contributed by atoms with E-state index in [0.717, 1.165) is 19.3 Å². The van der Waals surface area contributed by atoms with Gasteiger partial charge in [0.25, 0.3) is 0 Å². The number of unbranched alkanes of at least 4 members (excludes halogenated alkanes) is 1. The fourth-order valence-electron chi connectivity index (χ4n) is 1.73. The van der Waals surface area contributed by atoms with E-state index in [1.165, 1.54) is 19.1 Å². The third kappa shape index (κ3) is 9.10. The zero-order valence-corrected chi connectivity index (χ0v) is 14.0. The molecule has 0 radical (unpaired) electrons. The molecule has 0 aromatic rings. The zero-order valence-electron chi connectivity index (χ0n) is 11.6. The van der Waals surface area contributed by atoms with E-state index in [0.29, 0.717) is 5.25 Å².